The summed E-state index contributed by atoms with van der Waals surface area (Å²) in [4.78, 5) is 8.21. The van der Waals surface area contributed by atoms with Crippen LogP contribution >= 0.6 is 0 Å². The van der Waals surface area contributed by atoms with Gasteiger partial charge in [0.1, 0.15) is 0 Å². The van der Waals surface area contributed by atoms with Gasteiger partial charge in [0.2, 0.25) is 0 Å². The highest BCUT2D eigenvalue weighted by molar-refractivity contribution is 4.98. The van der Waals surface area contributed by atoms with Gasteiger partial charge in [-0.25, -0.2) is 4.98 Å². The highest BCUT2D eigenvalue weighted by Crippen LogP contribution is 2.14. The molecule has 0 radical (unpaired) electrons. The molecule has 0 fully saturated rings. The third-order valence-corrected chi connectivity index (χ3v) is 1.89. The second-order valence-corrected chi connectivity index (χ2v) is 3.61. The Kier molecular flexibility index (Phi) is 4.31. The molecule has 7 heteroatoms. The van der Waals surface area contributed by atoms with Gasteiger partial charge in [-0.15, -0.1) is 0 Å². The van der Waals surface area contributed by atoms with Gasteiger partial charge in [0.15, 0.2) is 6.61 Å². The lowest BCUT2D eigenvalue weighted by Gasteiger charge is -2.12. The third kappa shape index (κ3) is 4.19. The predicted octanol–water partition coefficient (Wildman–Crippen LogP) is 2.05. The van der Waals surface area contributed by atoms with E-state index in [0.29, 0.717) is 0 Å². The van der Waals surface area contributed by atoms with Crippen LogP contribution in [-0.2, 0) is 11.4 Å². The second-order valence-electron chi connectivity index (χ2n) is 3.61. The summed E-state index contributed by atoms with van der Waals surface area (Å²) in [5.74, 6) is 0. The number of imidazole rings is 1. The Hall–Kier alpha value is -1.08. The lowest BCUT2D eigenvalue weighted by atomic mass is 10.3. The van der Waals surface area contributed by atoms with E-state index in [9.17, 15) is 13.2 Å². The summed E-state index contributed by atoms with van der Waals surface area (Å²) in [6.07, 6.45) is -1.10. The van der Waals surface area contributed by atoms with Crippen LogP contribution in [0, 0.1) is 0 Å². The maximum absolute atomic E-state index is 11.7. The number of alkyl halides is 3. The summed E-state index contributed by atoms with van der Waals surface area (Å²) < 4.78 is 37.1. The number of aromatic nitrogens is 2. The first kappa shape index (κ1) is 13.0. The van der Waals surface area contributed by atoms with Crippen LogP contribution in [0.2, 0.25) is 0 Å². The zero-order chi connectivity index (χ0) is 12.2. The molecule has 0 saturated carbocycles. The quantitative estimate of drug-likeness (QED) is 0.629. The average Bonchev–Trinajstić information content (AvgIpc) is 2.58. The fourth-order valence-electron chi connectivity index (χ4n) is 1.19. The van der Waals surface area contributed by atoms with Gasteiger partial charge in [0.25, 0.3) is 0 Å². The van der Waals surface area contributed by atoms with E-state index in [4.69, 9.17) is 0 Å². The average molecular weight is 237 g/mol. The number of hydroxylamine groups is 1. The van der Waals surface area contributed by atoms with Crippen molar-refractivity contribution in [2.45, 2.75) is 32.6 Å². The maximum Gasteiger partial charge on any atom is 0.413 e. The van der Waals surface area contributed by atoms with Crippen LogP contribution in [-0.4, -0.2) is 22.3 Å². The fraction of sp³-hybridized carbons (Fsp3) is 0.667. The fourth-order valence-corrected chi connectivity index (χ4v) is 1.19. The van der Waals surface area contributed by atoms with E-state index >= 15 is 0 Å². The van der Waals surface area contributed by atoms with E-state index in [1.54, 1.807) is 12.5 Å². The van der Waals surface area contributed by atoms with Gasteiger partial charge >= 0.3 is 6.18 Å². The van der Waals surface area contributed by atoms with Gasteiger partial charge < -0.3 is 4.57 Å². The summed E-state index contributed by atoms with van der Waals surface area (Å²) in [7, 11) is 0. The summed E-state index contributed by atoms with van der Waals surface area (Å²) in [5, 5.41) is 0. The molecule has 0 aromatic carbocycles. The standard InChI is InChI=1S/C9H14F3N3O/c1-7(2)15-6-13-3-8(15)4-14-16-5-9(10,11)12/h3,6-7,14H,4-5H2,1-2H3. The minimum absolute atomic E-state index is 0.189. The topological polar surface area (TPSA) is 39.1 Å². The number of hydrogen-bond acceptors (Lipinski definition) is 3. The third-order valence-electron chi connectivity index (χ3n) is 1.89. The molecule has 92 valence electrons. The Morgan fingerprint density at radius 3 is 2.75 bits per heavy atom. The molecule has 0 amide bonds. The van der Waals surface area contributed by atoms with E-state index in [1.165, 1.54) is 0 Å². The zero-order valence-corrected chi connectivity index (χ0v) is 9.08. The minimum Gasteiger partial charge on any atom is -0.331 e. The number of nitrogens with zero attached hydrogens (tertiary/aromatic N) is 2. The predicted molar refractivity (Wildman–Crippen MR) is 51.5 cm³/mol. The van der Waals surface area contributed by atoms with Crippen molar-refractivity contribution < 1.29 is 18.0 Å². The molecule has 1 aromatic heterocycles. The summed E-state index contributed by atoms with van der Waals surface area (Å²) in [6, 6.07) is 0.210. The van der Waals surface area contributed by atoms with E-state index in [0.717, 1.165) is 5.69 Å². The Bertz CT molecular complexity index is 322. The summed E-state index contributed by atoms with van der Waals surface area (Å²) in [6.45, 7) is 2.81. The molecule has 4 nitrogen and oxygen atoms in total. The number of rotatable bonds is 5. The lowest BCUT2D eigenvalue weighted by molar-refractivity contribution is -0.190. The second kappa shape index (κ2) is 5.31. The molecule has 1 N–H and O–H groups in total. The molecular weight excluding hydrogens is 223 g/mol. The molecule has 0 atom stereocenters. The van der Waals surface area contributed by atoms with Gasteiger partial charge in [0, 0.05) is 12.2 Å². The highest BCUT2D eigenvalue weighted by Gasteiger charge is 2.27. The van der Waals surface area contributed by atoms with Gasteiger partial charge in [-0.05, 0) is 13.8 Å². The van der Waals surface area contributed by atoms with Crippen molar-refractivity contribution >= 4 is 0 Å². The molecule has 0 aliphatic carbocycles. The summed E-state index contributed by atoms with van der Waals surface area (Å²) >= 11 is 0. The Labute approximate surface area is 91.4 Å². The molecule has 0 aliphatic rings. The van der Waals surface area contributed by atoms with Crippen molar-refractivity contribution in [3.05, 3.63) is 18.2 Å². The molecule has 1 aromatic rings. The van der Waals surface area contributed by atoms with Gasteiger partial charge in [-0.3, -0.25) is 4.84 Å². The van der Waals surface area contributed by atoms with Crippen molar-refractivity contribution in [1.29, 1.82) is 0 Å². The normalized spacial score (nSPS) is 12.4. The van der Waals surface area contributed by atoms with Crippen LogP contribution in [0.25, 0.3) is 0 Å². The first-order valence-electron chi connectivity index (χ1n) is 4.82. The zero-order valence-electron chi connectivity index (χ0n) is 9.08. The molecule has 1 heterocycles. The van der Waals surface area contributed by atoms with Crippen LogP contribution in [0.5, 0.6) is 0 Å². The van der Waals surface area contributed by atoms with Crippen LogP contribution in [0.3, 0.4) is 0 Å². The first-order chi connectivity index (χ1) is 7.40. The largest absolute Gasteiger partial charge is 0.413 e. The van der Waals surface area contributed by atoms with Crippen molar-refractivity contribution in [2.24, 2.45) is 0 Å². The Morgan fingerprint density at radius 1 is 1.50 bits per heavy atom. The first-order valence-corrected chi connectivity index (χ1v) is 4.82. The van der Waals surface area contributed by atoms with Crippen LogP contribution in [0.1, 0.15) is 25.6 Å². The van der Waals surface area contributed by atoms with Gasteiger partial charge in [-0.1, -0.05) is 0 Å². The Balaban J connectivity index is 2.35. The molecule has 0 aliphatic heterocycles. The minimum atomic E-state index is -4.31. The molecular formula is C9H14F3N3O. The van der Waals surface area contributed by atoms with E-state index in [2.05, 4.69) is 15.3 Å². The van der Waals surface area contributed by atoms with E-state index in [-0.39, 0.29) is 12.6 Å². The van der Waals surface area contributed by atoms with Crippen molar-refractivity contribution in [2.75, 3.05) is 6.61 Å². The number of hydrogen-bond donors (Lipinski definition) is 1. The Morgan fingerprint density at radius 2 is 2.19 bits per heavy atom. The van der Waals surface area contributed by atoms with Gasteiger partial charge in [0.05, 0.1) is 18.6 Å². The monoisotopic (exact) mass is 237 g/mol. The van der Waals surface area contributed by atoms with Crippen molar-refractivity contribution in [3.8, 4) is 0 Å². The highest BCUT2D eigenvalue weighted by atomic mass is 19.4. The van der Waals surface area contributed by atoms with E-state index in [1.807, 2.05) is 18.4 Å². The molecule has 0 spiro atoms. The molecule has 0 unspecified atom stereocenters. The molecule has 1 rings (SSSR count). The van der Waals surface area contributed by atoms with Gasteiger partial charge in [-0.2, -0.15) is 18.7 Å². The number of halogens is 3. The van der Waals surface area contributed by atoms with Crippen LogP contribution in [0.15, 0.2) is 12.5 Å². The molecule has 0 saturated heterocycles. The van der Waals surface area contributed by atoms with Crippen LogP contribution in [0.4, 0.5) is 13.2 Å². The SMILES string of the molecule is CC(C)n1cncc1CNOCC(F)(F)F. The van der Waals surface area contributed by atoms with Crippen molar-refractivity contribution in [1.82, 2.24) is 15.0 Å². The summed E-state index contributed by atoms with van der Waals surface area (Å²) in [5.41, 5.74) is 3.03. The number of nitrogens with one attached hydrogen (secondary N) is 1. The van der Waals surface area contributed by atoms with Crippen molar-refractivity contribution in [3.63, 3.8) is 0 Å². The van der Waals surface area contributed by atoms with E-state index < -0.39 is 12.8 Å². The van der Waals surface area contributed by atoms with Crippen LogP contribution < -0.4 is 5.48 Å². The molecule has 16 heavy (non-hydrogen) atoms. The smallest absolute Gasteiger partial charge is 0.331 e. The maximum atomic E-state index is 11.7. The molecule has 0 bridgehead atoms. The lowest BCUT2D eigenvalue weighted by Crippen LogP contribution is -2.25.